The second-order valence-electron chi connectivity index (χ2n) is 20.0. The number of hydrogen-bond donors (Lipinski definition) is 6. The number of aromatic hydroxyl groups is 2. The predicted octanol–water partition coefficient (Wildman–Crippen LogP) is 6.78. The topological polar surface area (TPSA) is 216 Å². The van der Waals surface area contributed by atoms with Gasteiger partial charge in [-0.15, -0.1) is 0 Å². The molecule has 66 heavy (non-hydrogen) atoms. The molecule has 8 fully saturated rings. The van der Waals surface area contributed by atoms with Gasteiger partial charge in [0.1, 0.15) is 22.9 Å². The van der Waals surface area contributed by atoms with Crippen molar-refractivity contribution in [2.75, 3.05) is 0 Å². The molecule has 11 rings (SSSR count). The maximum Gasteiger partial charge on any atom is 0.275 e. The number of hydrogen-bond acceptors (Lipinski definition) is 10. The lowest BCUT2D eigenvalue weighted by atomic mass is 9.53. The molecule has 14 heteroatoms. The number of ketones is 2. The molecule has 8 aliphatic rings. The first-order valence-electron chi connectivity index (χ1n) is 23.2. The summed E-state index contributed by atoms with van der Waals surface area (Å²) in [5, 5.41) is 35.1. The van der Waals surface area contributed by atoms with Crippen molar-refractivity contribution in [1.82, 2.24) is 21.5 Å². The Morgan fingerprint density at radius 3 is 1.14 bits per heavy atom. The summed E-state index contributed by atoms with van der Waals surface area (Å²) in [7, 11) is 0. The van der Waals surface area contributed by atoms with E-state index in [1.165, 1.54) is 74.9 Å². The molecule has 8 aliphatic carbocycles. The average Bonchev–Trinajstić information content (AvgIpc) is 3.27. The Hall–Kier alpha value is -6.70. The number of carbonyl (C=O) groups excluding carboxylic acids is 6. The largest absolute Gasteiger partial charge is 0.507 e. The van der Waals surface area contributed by atoms with Gasteiger partial charge >= 0.3 is 0 Å². The summed E-state index contributed by atoms with van der Waals surface area (Å²) in [5.41, 5.74) is 5.08. The van der Waals surface area contributed by atoms with Gasteiger partial charge in [-0.3, -0.25) is 28.8 Å². The van der Waals surface area contributed by atoms with Gasteiger partial charge in [0.25, 0.3) is 23.6 Å². The molecule has 4 amide bonds. The summed E-state index contributed by atoms with van der Waals surface area (Å²) in [5.74, 6) is -0.296. The number of phenolic OH excluding ortho intramolecular Hbond substituents is 2. The zero-order valence-corrected chi connectivity index (χ0v) is 36.8. The van der Waals surface area contributed by atoms with Crippen LogP contribution in [0.3, 0.4) is 0 Å². The van der Waals surface area contributed by atoms with E-state index < -0.39 is 35.2 Å². The van der Waals surface area contributed by atoms with E-state index in [0.717, 1.165) is 38.5 Å². The molecule has 0 spiro atoms. The van der Waals surface area contributed by atoms with Crippen LogP contribution in [0.2, 0.25) is 0 Å². The van der Waals surface area contributed by atoms with Crippen LogP contribution in [0.4, 0.5) is 0 Å². The summed E-state index contributed by atoms with van der Waals surface area (Å²) < 4.78 is 0. The van der Waals surface area contributed by atoms with Crippen molar-refractivity contribution >= 4 is 58.8 Å². The number of hydrazone groups is 2. The Labute approximate surface area is 383 Å². The van der Waals surface area contributed by atoms with E-state index in [1.54, 1.807) is 60.7 Å². The molecule has 14 nitrogen and oxygen atoms in total. The Balaban J connectivity index is 0.838. The average molecular weight is 893 g/mol. The molecule has 0 saturated heterocycles. The second kappa shape index (κ2) is 18.7. The third kappa shape index (κ3) is 10.2. The van der Waals surface area contributed by atoms with Crippen LogP contribution in [0.5, 0.6) is 11.5 Å². The lowest BCUT2D eigenvalue weighted by Gasteiger charge is -2.56. The lowest BCUT2D eigenvalue weighted by molar-refractivity contribution is -0.122. The van der Waals surface area contributed by atoms with E-state index in [9.17, 15) is 39.0 Å². The Morgan fingerprint density at radius 1 is 0.500 bits per heavy atom. The molecule has 3 aromatic rings. The minimum absolute atomic E-state index is 0.0172. The van der Waals surface area contributed by atoms with Crippen molar-refractivity contribution in [1.29, 1.82) is 0 Å². The summed E-state index contributed by atoms with van der Waals surface area (Å²) in [6, 6.07) is 19.0. The van der Waals surface area contributed by atoms with Crippen LogP contribution in [-0.4, -0.2) is 67.9 Å². The number of carbonyl (C=O) groups is 6. The molecule has 8 saturated carbocycles. The van der Waals surface area contributed by atoms with Crippen molar-refractivity contribution in [3.8, 4) is 11.5 Å². The monoisotopic (exact) mass is 892 g/mol. The smallest absolute Gasteiger partial charge is 0.275 e. The molecule has 0 unspecified atom stereocenters. The molecule has 342 valence electrons. The summed E-state index contributed by atoms with van der Waals surface area (Å²) >= 11 is 0. The Kier molecular flexibility index (Phi) is 12.6. The highest BCUT2D eigenvalue weighted by Gasteiger charge is 2.53. The highest BCUT2D eigenvalue weighted by Crippen LogP contribution is 2.56. The Morgan fingerprint density at radius 2 is 0.818 bits per heavy atom. The number of amides is 4. The normalized spacial score (nSPS) is 28.4. The molecule has 0 aromatic heterocycles. The summed E-state index contributed by atoms with van der Waals surface area (Å²) in [6.45, 7) is 0. The van der Waals surface area contributed by atoms with E-state index in [4.69, 9.17) is 0 Å². The van der Waals surface area contributed by atoms with Gasteiger partial charge in [0.05, 0.1) is 24.0 Å². The van der Waals surface area contributed by atoms with E-state index in [0.29, 0.717) is 46.6 Å². The van der Waals surface area contributed by atoms with E-state index in [2.05, 4.69) is 31.7 Å². The van der Waals surface area contributed by atoms with E-state index in [-0.39, 0.29) is 58.0 Å². The van der Waals surface area contributed by atoms with Crippen molar-refractivity contribution in [3.05, 3.63) is 107 Å². The summed E-state index contributed by atoms with van der Waals surface area (Å²) in [6.07, 6.45) is 17.7. The van der Waals surface area contributed by atoms with Crippen molar-refractivity contribution in [2.45, 2.75) is 101 Å². The SMILES string of the molecule is O=C(/C=C/c1ccc(/C=C/C(=O)C/C(=N\NC(=O)c2ccccc2O)C(=O)NC23CC4CC(CC(C4)C2)C3)cc1)C/C(=N\NC(=O)c1ccccc1O)C(=O)NC12CC3CC(CC(C3)C1)C2. The highest BCUT2D eigenvalue weighted by atomic mass is 16.3. The zero-order chi connectivity index (χ0) is 46.0. The van der Waals surface area contributed by atoms with Gasteiger partial charge in [0.15, 0.2) is 11.6 Å². The zero-order valence-electron chi connectivity index (χ0n) is 36.8. The number of phenols is 2. The molecule has 6 N–H and O–H groups in total. The van der Waals surface area contributed by atoms with Gasteiger partial charge in [-0.25, -0.2) is 10.9 Å². The maximum absolute atomic E-state index is 13.8. The first kappa shape index (κ1) is 44.5. The second-order valence-corrected chi connectivity index (χ2v) is 20.0. The molecular formula is C52H56N6O8. The number of rotatable bonds is 16. The van der Waals surface area contributed by atoms with E-state index in [1.807, 2.05) is 0 Å². The van der Waals surface area contributed by atoms with Gasteiger partial charge in [-0.2, -0.15) is 10.2 Å². The lowest BCUT2D eigenvalue weighted by Crippen LogP contribution is -2.61. The van der Waals surface area contributed by atoms with Crippen LogP contribution < -0.4 is 21.5 Å². The number of allylic oxidation sites excluding steroid dienone is 2. The predicted molar refractivity (Wildman–Crippen MR) is 248 cm³/mol. The highest BCUT2D eigenvalue weighted by molar-refractivity contribution is 6.43. The van der Waals surface area contributed by atoms with Crippen LogP contribution in [0.25, 0.3) is 12.2 Å². The van der Waals surface area contributed by atoms with Crippen LogP contribution in [0, 0.1) is 35.5 Å². The standard InChI is InChI=1S/C52H56N6O8/c59-39(23-43(55-57-47(63)41-5-1-3-7-45(41)61)49(65)53-51-25-33-17-34(26-51)19-35(18-33)27-51)15-13-31-9-11-32(12-10-31)14-16-40(60)24-44(56-58-48(64)42-6-2-4-8-46(42)62)50(66)54-52-28-36-20-37(29-52)22-38(21-36)30-52/h1-16,33-38,61-62H,17-30H2,(H,53,65)(H,54,66)(H,57,63)(H,58,64)/b15-13+,16-14+,55-43+,56-44+. The maximum atomic E-state index is 13.8. The minimum Gasteiger partial charge on any atom is -0.507 e. The minimum atomic E-state index is -0.715. The Bertz CT molecular complexity index is 2310. The fraction of sp³-hybridized carbons (Fsp3) is 0.423. The fourth-order valence-corrected chi connectivity index (χ4v) is 12.7. The van der Waals surface area contributed by atoms with E-state index >= 15 is 0 Å². The van der Waals surface area contributed by atoms with Gasteiger partial charge in [-0.05, 0) is 160 Å². The van der Waals surface area contributed by atoms with Gasteiger partial charge in [0, 0.05) is 11.1 Å². The molecule has 3 aromatic carbocycles. The van der Waals surface area contributed by atoms with Gasteiger partial charge < -0.3 is 20.8 Å². The van der Waals surface area contributed by atoms with Gasteiger partial charge in [-0.1, -0.05) is 60.7 Å². The van der Waals surface area contributed by atoms with Crippen LogP contribution in [0.1, 0.15) is 122 Å². The molecule has 0 radical (unpaired) electrons. The quantitative estimate of drug-likeness (QED) is 0.0511. The van der Waals surface area contributed by atoms with Crippen molar-refractivity contribution < 1.29 is 39.0 Å². The van der Waals surface area contributed by atoms with Crippen molar-refractivity contribution in [3.63, 3.8) is 0 Å². The third-order valence-corrected chi connectivity index (χ3v) is 14.8. The first-order chi connectivity index (χ1) is 31.8. The molecule has 8 bridgehead atoms. The first-order valence-corrected chi connectivity index (χ1v) is 23.2. The number of benzene rings is 3. The number of nitrogens with one attached hydrogen (secondary N) is 4. The third-order valence-electron chi connectivity index (χ3n) is 14.8. The molecular weight excluding hydrogens is 837 g/mol. The summed E-state index contributed by atoms with van der Waals surface area (Å²) in [4.78, 5) is 80.3. The van der Waals surface area contributed by atoms with Crippen LogP contribution in [-0.2, 0) is 19.2 Å². The van der Waals surface area contributed by atoms with Crippen LogP contribution >= 0.6 is 0 Å². The number of nitrogens with zero attached hydrogens (tertiary/aromatic N) is 2. The molecule has 0 atom stereocenters. The fourth-order valence-electron chi connectivity index (χ4n) is 12.7. The van der Waals surface area contributed by atoms with Crippen LogP contribution in [0.15, 0.2) is 95.2 Å². The van der Waals surface area contributed by atoms with Gasteiger partial charge in [0.2, 0.25) is 0 Å². The number of para-hydroxylation sites is 2. The van der Waals surface area contributed by atoms with Crippen molar-refractivity contribution in [2.24, 2.45) is 45.7 Å². The molecule has 0 heterocycles. The molecule has 0 aliphatic heterocycles.